The lowest BCUT2D eigenvalue weighted by Crippen LogP contribution is -2.32. The fourth-order valence-corrected chi connectivity index (χ4v) is 3.10. The van der Waals surface area contributed by atoms with Gasteiger partial charge in [-0.2, -0.15) is 0 Å². The van der Waals surface area contributed by atoms with E-state index in [1.165, 1.54) is 31.4 Å². The molecule has 2 fully saturated rings. The van der Waals surface area contributed by atoms with Crippen molar-refractivity contribution in [2.24, 2.45) is 5.92 Å². The number of fused-ring (bicyclic) bond motifs is 2. The summed E-state index contributed by atoms with van der Waals surface area (Å²) in [5.74, 6) is 0.435. The van der Waals surface area contributed by atoms with E-state index in [0.717, 1.165) is 24.4 Å². The maximum absolute atomic E-state index is 13.0. The number of aldehydes is 1. The summed E-state index contributed by atoms with van der Waals surface area (Å²) in [6, 6.07) is 5.07. The van der Waals surface area contributed by atoms with E-state index in [1.807, 2.05) is 0 Å². The first-order chi connectivity index (χ1) is 7.78. The summed E-state index contributed by atoms with van der Waals surface area (Å²) in [6.45, 7) is 1.02. The summed E-state index contributed by atoms with van der Waals surface area (Å²) >= 11 is 0. The molecule has 0 spiro atoms. The quantitative estimate of drug-likeness (QED) is 0.713. The second kappa shape index (κ2) is 3.58. The number of halogens is 1. The van der Waals surface area contributed by atoms with E-state index >= 15 is 0 Å². The van der Waals surface area contributed by atoms with Crippen molar-refractivity contribution >= 4 is 12.0 Å². The molecule has 1 aromatic carbocycles. The lowest BCUT2D eigenvalue weighted by molar-refractivity contribution is 0.112. The third kappa shape index (κ3) is 1.42. The molecule has 2 unspecified atom stereocenters. The average molecular weight is 219 g/mol. The molecule has 2 aliphatic rings. The molecule has 3 heteroatoms. The maximum Gasteiger partial charge on any atom is 0.152 e. The first-order valence-corrected chi connectivity index (χ1v) is 5.79. The average Bonchev–Trinajstić information content (AvgIpc) is 2.90. The van der Waals surface area contributed by atoms with Gasteiger partial charge in [-0.25, -0.2) is 4.39 Å². The molecule has 2 nitrogen and oxygen atoms in total. The number of benzene rings is 1. The van der Waals surface area contributed by atoms with Gasteiger partial charge in [0.25, 0.3) is 0 Å². The van der Waals surface area contributed by atoms with Crippen LogP contribution in [0.3, 0.4) is 0 Å². The predicted octanol–water partition coefficient (Wildman–Crippen LogP) is 2.63. The van der Waals surface area contributed by atoms with Gasteiger partial charge in [0.1, 0.15) is 5.82 Å². The summed E-state index contributed by atoms with van der Waals surface area (Å²) in [5, 5.41) is 0. The minimum atomic E-state index is -0.338. The Kier molecular flexibility index (Phi) is 2.20. The first-order valence-electron chi connectivity index (χ1n) is 5.79. The lowest BCUT2D eigenvalue weighted by atomic mass is 10.1. The molecule has 1 aliphatic carbocycles. The highest BCUT2D eigenvalue weighted by Crippen LogP contribution is 2.40. The van der Waals surface area contributed by atoms with Gasteiger partial charge in [0.15, 0.2) is 6.29 Å². The highest BCUT2D eigenvalue weighted by atomic mass is 19.1. The number of hydrogen-bond donors (Lipinski definition) is 0. The smallest absolute Gasteiger partial charge is 0.152 e. The standard InChI is InChI=1S/C13H14FNO/c14-11-2-4-13(10(6-11)8-16)15-7-9-1-3-12(15)5-9/h2,4,6,8-9,12H,1,3,5,7H2. The third-order valence-electron chi connectivity index (χ3n) is 3.84. The summed E-state index contributed by atoms with van der Waals surface area (Å²) in [7, 11) is 0. The van der Waals surface area contributed by atoms with Gasteiger partial charge in [0, 0.05) is 23.8 Å². The topological polar surface area (TPSA) is 20.3 Å². The van der Waals surface area contributed by atoms with Crippen molar-refractivity contribution in [2.45, 2.75) is 25.3 Å². The molecule has 0 aromatic heterocycles. The maximum atomic E-state index is 13.0. The second-order valence-corrected chi connectivity index (χ2v) is 4.81. The Bertz CT molecular complexity index is 432. The Hall–Kier alpha value is -1.38. The van der Waals surface area contributed by atoms with Crippen LogP contribution in [0.2, 0.25) is 0 Å². The van der Waals surface area contributed by atoms with Crippen molar-refractivity contribution in [1.82, 2.24) is 0 Å². The molecular weight excluding hydrogens is 205 g/mol. The van der Waals surface area contributed by atoms with Crippen molar-refractivity contribution in [3.05, 3.63) is 29.6 Å². The molecule has 2 atom stereocenters. The lowest BCUT2D eigenvalue weighted by Gasteiger charge is -2.30. The van der Waals surface area contributed by atoms with Gasteiger partial charge in [0.2, 0.25) is 0 Å². The monoisotopic (exact) mass is 219 g/mol. The summed E-state index contributed by atoms with van der Waals surface area (Å²) < 4.78 is 13.0. The van der Waals surface area contributed by atoms with E-state index in [9.17, 15) is 9.18 Å². The number of carbonyl (C=O) groups excluding carboxylic acids is 1. The number of rotatable bonds is 2. The molecule has 1 saturated carbocycles. The van der Waals surface area contributed by atoms with Crippen LogP contribution in [0.5, 0.6) is 0 Å². The summed E-state index contributed by atoms with van der Waals surface area (Å²) in [4.78, 5) is 13.2. The molecule has 84 valence electrons. The van der Waals surface area contributed by atoms with Crippen LogP contribution in [0, 0.1) is 11.7 Å². The highest BCUT2D eigenvalue weighted by Gasteiger charge is 2.38. The number of carbonyl (C=O) groups is 1. The van der Waals surface area contributed by atoms with Crippen LogP contribution < -0.4 is 4.90 Å². The van der Waals surface area contributed by atoms with Gasteiger partial charge in [-0.05, 0) is 43.4 Å². The molecule has 1 aliphatic heterocycles. The van der Waals surface area contributed by atoms with Crippen LogP contribution in [-0.2, 0) is 0 Å². The molecule has 0 radical (unpaired) electrons. The van der Waals surface area contributed by atoms with E-state index in [0.29, 0.717) is 11.6 Å². The number of piperidine rings is 1. The predicted molar refractivity (Wildman–Crippen MR) is 60.3 cm³/mol. The second-order valence-electron chi connectivity index (χ2n) is 4.81. The van der Waals surface area contributed by atoms with Gasteiger partial charge >= 0.3 is 0 Å². The van der Waals surface area contributed by atoms with Crippen LogP contribution in [0.4, 0.5) is 10.1 Å². The third-order valence-corrected chi connectivity index (χ3v) is 3.84. The molecule has 1 saturated heterocycles. The largest absolute Gasteiger partial charge is 0.368 e. The molecule has 0 N–H and O–H groups in total. The minimum Gasteiger partial charge on any atom is -0.368 e. The van der Waals surface area contributed by atoms with E-state index in [-0.39, 0.29) is 5.82 Å². The molecule has 0 amide bonds. The summed E-state index contributed by atoms with van der Waals surface area (Å²) in [5.41, 5.74) is 1.39. The molecule has 16 heavy (non-hydrogen) atoms. The summed E-state index contributed by atoms with van der Waals surface area (Å²) in [6.07, 6.45) is 4.50. The van der Waals surface area contributed by atoms with Crippen LogP contribution in [0.25, 0.3) is 0 Å². The fraction of sp³-hybridized carbons (Fsp3) is 0.462. The molecule has 2 bridgehead atoms. The number of nitrogens with zero attached hydrogens (tertiary/aromatic N) is 1. The zero-order valence-electron chi connectivity index (χ0n) is 9.03. The zero-order valence-corrected chi connectivity index (χ0v) is 9.03. The minimum absolute atomic E-state index is 0.338. The Balaban J connectivity index is 1.97. The zero-order chi connectivity index (χ0) is 11.1. The van der Waals surface area contributed by atoms with Gasteiger partial charge in [-0.15, -0.1) is 0 Å². The van der Waals surface area contributed by atoms with Crippen molar-refractivity contribution in [3.63, 3.8) is 0 Å². The van der Waals surface area contributed by atoms with Gasteiger partial charge in [0.05, 0.1) is 0 Å². The SMILES string of the molecule is O=Cc1cc(F)ccc1N1CC2CCC1C2. The van der Waals surface area contributed by atoms with E-state index in [1.54, 1.807) is 6.07 Å². The Morgan fingerprint density at radius 1 is 1.38 bits per heavy atom. The van der Waals surface area contributed by atoms with E-state index in [2.05, 4.69) is 4.90 Å². The van der Waals surface area contributed by atoms with E-state index < -0.39 is 0 Å². The highest BCUT2D eigenvalue weighted by molar-refractivity contribution is 5.85. The molecule has 1 heterocycles. The van der Waals surface area contributed by atoms with Crippen molar-refractivity contribution in [1.29, 1.82) is 0 Å². The van der Waals surface area contributed by atoms with Crippen LogP contribution in [0.15, 0.2) is 18.2 Å². The van der Waals surface area contributed by atoms with Gasteiger partial charge < -0.3 is 4.90 Å². The van der Waals surface area contributed by atoms with E-state index in [4.69, 9.17) is 0 Å². The normalized spacial score (nSPS) is 27.4. The van der Waals surface area contributed by atoms with Crippen LogP contribution >= 0.6 is 0 Å². The number of anilines is 1. The molecular formula is C13H14FNO. The Morgan fingerprint density at radius 2 is 2.25 bits per heavy atom. The van der Waals surface area contributed by atoms with Crippen LogP contribution in [-0.4, -0.2) is 18.9 Å². The van der Waals surface area contributed by atoms with Gasteiger partial charge in [-0.3, -0.25) is 4.79 Å². The number of hydrogen-bond acceptors (Lipinski definition) is 2. The molecule has 1 aromatic rings. The fourth-order valence-electron chi connectivity index (χ4n) is 3.10. The van der Waals surface area contributed by atoms with Gasteiger partial charge in [-0.1, -0.05) is 0 Å². The van der Waals surface area contributed by atoms with Crippen LogP contribution in [0.1, 0.15) is 29.6 Å². The van der Waals surface area contributed by atoms with Crippen molar-refractivity contribution in [3.8, 4) is 0 Å². The molecule has 3 rings (SSSR count). The van der Waals surface area contributed by atoms with Crippen molar-refractivity contribution in [2.75, 3.05) is 11.4 Å². The Labute approximate surface area is 94.1 Å². The van der Waals surface area contributed by atoms with Crippen molar-refractivity contribution < 1.29 is 9.18 Å². The first kappa shape index (κ1) is 9.82. The Morgan fingerprint density at radius 3 is 2.88 bits per heavy atom.